The van der Waals surface area contributed by atoms with Gasteiger partial charge in [0.25, 0.3) is 0 Å². The van der Waals surface area contributed by atoms with Crippen molar-refractivity contribution in [1.29, 1.82) is 0 Å². The topological polar surface area (TPSA) is 36.0 Å². The maximum atomic E-state index is 13.4. The molecule has 3 atom stereocenters. The second-order valence-electron chi connectivity index (χ2n) is 8.45. The number of halogens is 2. The largest absolute Gasteiger partial charge is 0.378 e. The molecule has 1 aromatic rings. The molecule has 0 spiro atoms. The number of amides is 1. The Bertz CT molecular complexity index is 726. The van der Waals surface area contributed by atoms with E-state index in [2.05, 4.69) is 21.6 Å². The van der Waals surface area contributed by atoms with E-state index < -0.39 is 0 Å². The van der Waals surface area contributed by atoms with E-state index in [-0.39, 0.29) is 24.0 Å². The first-order valence-corrected chi connectivity index (χ1v) is 11.6. The number of nitrogens with zero attached hydrogens (tertiary/aromatic N) is 3. The monoisotopic (exact) mass is 439 g/mol. The highest BCUT2D eigenvalue weighted by Crippen LogP contribution is 2.30. The highest BCUT2D eigenvalue weighted by atomic mass is 35.5. The van der Waals surface area contributed by atoms with Crippen LogP contribution in [0.15, 0.2) is 18.2 Å². The third kappa shape index (κ3) is 4.59. The Hall–Kier alpha value is -0.850. The SMILES string of the molecule is CCCN1CCN(C(=O)Cc2ccc(Cl)c(Cl)c2)[C@H]2C1COC[C@@H]2N1CCCC1. The van der Waals surface area contributed by atoms with E-state index in [0.29, 0.717) is 23.1 Å². The standard InChI is InChI=1S/C22H31Cl2N3O2/c1-2-7-25-10-11-27(21(28)13-16-5-6-17(23)18(24)12-16)22-19(25)14-29-15-20(22)26-8-3-4-9-26/h5-6,12,19-20,22H,2-4,7-11,13-15H2,1H3/t19?,20-,22-/m0/s1. The first-order chi connectivity index (χ1) is 14.1. The number of ether oxygens (including phenoxy) is 1. The van der Waals surface area contributed by atoms with Crippen LogP contribution in [0.5, 0.6) is 0 Å². The highest BCUT2D eigenvalue weighted by Gasteiger charge is 2.47. The Morgan fingerprint density at radius 1 is 1.07 bits per heavy atom. The summed E-state index contributed by atoms with van der Waals surface area (Å²) >= 11 is 12.2. The lowest BCUT2D eigenvalue weighted by atomic mass is 9.90. The van der Waals surface area contributed by atoms with Crippen molar-refractivity contribution >= 4 is 29.1 Å². The van der Waals surface area contributed by atoms with Gasteiger partial charge in [-0.25, -0.2) is 0 Å². The minimum Gasteiger partial charge on any atom is -0.378 e. The van der Waals surface area contributed by atoms with Gasteiger partial charge in [0.1, 0.15) is 0 Å². The summed E-state index contributed by atoms with van der Waals surface area (Å²) in [7, 11) is 0. The van der Waals surface area contributed by atoms with Crippen LogP contribution in [-0.4, -0.2) is 84.7 Å². The molecule has 0 saturated carbocycles. The summed E-state index contributed by atoms with van der Waals surface area (Å²) in [4.78, 5) is 20.6. The van der Waals surface area contributed by atoms with Gasteiger partial charge in [-0.15, -0.1) is 0 Å². The van der Waals surface area contributed by atoms with Crippen LogP contribution >= 0.6 is 23.2 Å². The van der Waals surface area contributed by atoms with Gasteiger partial charge in [-0.1, -0.05) is 36.2 Å². The summed E-state index contributed by atoms with van der Waals surface area (Å²) in [6.45, 7) is 8.64. The van der Waals surface area contributed by atoms with Crippen molar-refractivity contribution in [2.45, 2.75) is 50.7 Å². The quantitative estimate of drug-likeness (QED) is 0.704. The van der Waals surface area contributed by atoms with Crippen molar-refractivity contribution in [1.82, 2.24) is 14.7 Å². The van der Waals surface area contributed by atoms with E-state index in [9.17, 15) is 4.79 Å². The Morgan fingerprint density at radius 2 is 1.83 bits per heavy atom. The van der Waals surface area contributed by atoms with E-state index >= 15 is 0 Å². The molecular formula is C22H31Cl2N3O2. The Kier molecular flexibility index (Phi) is 7.02. The zero-order valence-corrected chi connectivity index (χ0v) is 18.7. The third-order valence-corrected chi connectivity index (χ3v) is 7.34. The lowest BCUT2D eigenvalue weighted by Crippen LogP contribution is -2.71. The predicted octanol–water partition coefficient (Wildman–Crippen LogP) is 3.32. The molecule has 3 aliphatic rings. The fourth-order valence-corrected chi connectivity index (χ4v) is 5.55. The van der Waals surface area contributed by atoms with Crippen LogP contribution in [0.25, 0.3) is 0 Å². The minimum atomic E-state index is 0.181. The van der Waals surface area contributed by atoms with Crippen LogP contribution < -0.4 is 0 Å². The average molecular weight is 440 g/mol. The molecule has 160 valence electrons. The Balaban J connectivity index is 1.56. The maximum absolute atomic E-state index is 13.4. The fraction of sp³-hybridized carbons (Fsp3) is 0.682. The first kappa shape index (κ1) is 21.4. The van der Waals surface area contributed by atoms with Crippen molar-refractivity contribution in [2.24, 2.45) is 0 Å². The van der Waals surface area contributed by atoms with Crippen LogP contribution in [-0.2, 0) is 16.0 Å². The number of carbonyl (C=O) groups excluding carboxylic acids is 1. The summed E-state index contributed by atoms with van der Waals surface area (Å²) in [5.74, 6) is 0.181. The van der Waals surface area contributed by atoms with Crippen LogP contribution in [0.2, 0.25) is 10.0 Å². The molecule has 0 aromatic heterocycles. The highest BCUT2D eigenvalue weighted by molar-refractivity contribution is 6.42. The molecule has 29 heavy (non-hydrogen) atoms. The molecule has 1 unspecified atom stereocenters. The number of rotatable bonds is 5. The number of benzene rings is 1. The summed E-state index contributed by atoms with van der Waals surface area (Å²) in [6, 6.07) is 6.25. The molecule has 3 saturated heterocycles. The Morgan fingerprint density at radius 3 is 2.55 bits per heavy atom. The number of fused-ring (bicyclic) bond motifs is 1. The van der Waals surface area contributed by atoms with Crippen LogP contribution in [0.3, 0.4) is 0 Å². The zero-order valence-electron chi connectivity index (χ0n) is 17.2. The van der Waals surface area contributed by atoms with Crippen LogP contribution in [0.4, 0.5) is 0 Å². The molecule has 0 radical (unpaired) electrons. The molecule has 7 heteroatoms. The van der Waals surface area contributed by atoms with Gasteiger partial charge in [-0.2, -0.15) is 0 Å². The van der Waals surface area contributed by atoms with Gasteiger partial charge in [0.15, 0.2) is 0 Å². The van der Waals surface area contributed by atoms with E-state index in [1.54, 1.807) is 6.07 Å². The van der Waals surface area contributed by atoms with Crippen molar-refractivity contribution in [3.8, 4) is 0 Å². The molecule has 3 fully saturated rings. The van der Waals surface area contributed by atoms with Gasteiger partial charge >= 0.3 is 0 Å². The molecule has 3 aliphatic heterocycles. The van der Waals surface area contributed by atoms with E-state index in [4.69, 9.17) is 27.9 Å². The van der Waals surface area contributed by atoms with Crippen molar-refractivity contribution < 1.29 is 9.53 Å². The smallest absolute Gasteiger partial charge is 0.227 e. The summed E-state index contributed by atoms with van der Waals surface area (Å²) < 4.78 is 6.06. The average Bonchev–Trinajstić information content (AvgIpc) is 3.25. The molecule has 4 rings (SSSR count). The molecule has 5 nitrogen and oxygen atoms in total. The fourth-order valence-electron chi connectivity index (χ4n) is 5.23. The predicted molar refractivity (Wildman–Crippen MR) is 117 cm³/mol. The van der Waals surface area contributed by atoms with E-state index in [1.807, 2.05) is 12.1 Å². The molecule has 0 N–H and O–H groups in total. The molecule has 1 amide bonds. The molecular weight excluding hydrogens is 409 g/mol. The number of hydrogen-bond acceptors (Lipinski definition) is 4. The van der Waals surface area contributed by atoms with E-state index in [0.717, 1.165) is 51.3 Å². The summed E-state index contributed by atoms with van der Waals surface area (Å²) in [5, 5.41) is 1.03. The van der Waals surface area contributed by atoms with Crippen LogP contribution in [0.1, 0.15) is 31.7 Å². The van der Waals surface area contributed by atoms with Crippen LogP contribution in [0, 0.1) is 0 Å². The molecule has 0 aliphatic carbocycles. The van der Waals surface area contributed by atoms with Gasteiger partial charge in [-0.3, -0.25) is 14.6 Å². The van der Waals surface area contributed by atoms with Crippen molar-refractivity contribution in [3.63, 3.8) is 0 Å². The Labute approximate surface area is 183 Å². The van der Waals surface area contributed by atoms with Gasteiger partial charge < -0.3 is 9.64 Å². The van der Waals surface area contributed by atoms with Gasteiger partial charge in [0, 0.05) is 13.1 Å². The summed E-state index contributed by atoms with van der Waals surface area (Å²) in [6.07, 6.45) is 3.96. The lowest BCUT2D eigenvalue weighted by Gasteiger charge is -2.54. The number of carbonyl (C=O) groups is 1. The van der Waals surface area contributed by atoms with Crippen molar-refractivity contribution in [2.75, 3.05) is 45.9 Å². The number of likely N-dealkylation sites (tertiary alicyclic amines) is 1. The second-order valence-corrected chi connectivity index (χ2v) is 9.27. The lowest BCUT2D eigenvalue weighted by molar-refractivity contribution is -0.152. The minimum absolute atomic E-state index is 0.181. The summed E-state index contributed by atoms with van der Waals surface area (Å²) in [5.41, 5.74) is 0.918. The van der Waals surface area contributed by atoms with Gasteiger partial charge in [0.2, 0.25) is 5.91 Å². The number of piperazine rings is 1. The van der Waals surface area contributed by atoms with Gasteiger partial charge in [0.05, 0.1) is 47.8 Å². The second kappa shape index (κ2) is 9.52. The molecule has 3 heterocycles. The molecule has 1 aromatic carbocycles. The van der Waals surface area contributed by atoms with Gasteiger partial charge in [-0.05, 0) is 56.6 Å². The first-order valence-electron chi connectivity index (χ1n) is 10.9. The zero-order chi connectivity index (χ0) is 20.4. The maximum Gasteiger partial charge on any atom is 0.227 e. The number of hydrogen-bond donors (Lipinski definition) is 0. The normalized spacial score (nSPS) is 28.5. The third-order valence-electron chi connectivity index (χ3n) is 6.60. The molecule has 0 bridgehead atoms. The van der Waals surface area contributed by atoms with E-state index in [1.165, 1.54) is 12.8 Å². The van der Waals surface area contributed by atoms with Crippen molar-refractivity contribution in [3.05, 3.63) is 33.8 Å².